The minimum Gasteiger partial charge on any atom is -0.392 e. The van der Waals surface area contributed by atoms with Crippen LogP contribution in [0.1, 0.15) is 26.2 Å². The van der Waals surface area contributed by atoms with Crippen LogP contribution < -0.4 is 5.73 Å². The van der Waals surface area contributed by atoms with Crippen LogP contribution >= 0.6 is 12.2 Å². The summed E-state index contributed by atoms with van der Waals surface area (Å²) in [4.78, 5) is 14.9. The summed E-state index contributed by atoms with van der Waals surface area (Å²) >= 11 is 5.11. The number of hydrogen-bond donors (Lipinski definition) is 1. The van der Waals surface area contributed by atoms with Gasteiger partial charge in [-0.15, -0.1) is 0 Å². The van der Waals surface area contributed by atoms with Crippen molar-refractivity contribution in [3.05, 3.63) is 0 Å². The van der Waals surface area contributed by atoms with Crippen molar-refractivity contribution < 1.29 is 14.3 Å². The predicted octanol–water partition coefficient (Wildman–Crippen LogP) is 0.953. The van der Waals surface area contributed by atoms with Gasteiger partial charge in [0.2, 0.25) is 5.91 Å². The molecule has 1 aliphatic carbocycles. The van der Waals surface area contributed by atoms with Crippen LogP contribution in [0.25, 0.3) is 0 Å². The van der Waals surface area contributed by atoms with Crippen molar-refractivity contribution in [1.82, 2.24) is 4.90 Å². The first-order chi connectivity index (χ1) is 8.99. The normalized spacial score (nSPS) is 18.5. The fraction of sp³-hybridized carbons (Fsp3) is 0.846. The SMILES string of the molecule is COCCN(C(=O)C1(C(N)=S)CCC1)C(C)COC. The van der Waals surface area contributed by atoms with E-state index in [0.29, 0.717) is 24.7 Å². The minimum absolute atomic E-state index is 0.0144. The van der Waals surface area contributed by atoms with Gasteiger partial charge in [-0.2, -0.15) is 0 Å². The summed E-state index contributed by atoms with van der Waals surface area (Å²) in [6.45, 7) is 3.48. The number of rotatable bonds is 8. The highest BCUT2D eigenvalue weighted by molar-refractivity contribution is 7.80. The minimum atomic E-state index is -0.634. The van der Waals surface area contributed by atoms with Crippen LogP contribution in [0.4, 0.5) is 0 Å². The Hall–Kier alpha value is -0.720. The van der Waals surface area contributed by atoms with Crippen molar-refractivity contribution in [2.75, 3.05) is 34.0 Å². The summed E-state index contributed by atoms with van der Waals surface area (Å²) in [5.74, 6) is 0.0212. The maximum absolute atomic E-state index is 12.8. The molecular weight excluding hydrogens is 264 g/mol. The van der Waals surface area contributed by atoms with Crippen LogP contribution in [-0.2, 0) is 14.3 Å². The zero-order valence-electron chi connectivity index (χ0n) is 12.0. The highest BCUT2D eigenvalue weighted by Crippen LogP contribution is 2.43. The van der Waals surface area contributed by atoms with Crippen molar-refractivity contribution in [2.24, 2.45) is 11.1 Å². The lowest BCUT2D eigenvalue weighted by Gasteiger charge is -2.44. The zero-order chi connectivity index (χ0) is 14.5. The number of thiocarbonyl (C=S) groups is 1. The maximum Gasteiger partial charge on any atom is 0.236 e. The molecule has 1 unspecified atom stereocenters. The Kier molecular flexibility index (Phi) is 6.16. The van der Waals surface area contributed by atoms with Crippen molar-refractivity contribution in [1.29, 1.82) is 0 Å². The second-order valence-electron chi connectivity index (χ2n) is 5.10. The first-order valence-corrected chi connectivity index (χ1v) is 6.99. The lowest BCUT2D eigenvalue weighted by atomic mass is 9.67. The van der Waals surface area contributed by atoms with Crippen molar-refractivity contribution >= 4 is 23.1 Å². The van der Waals surface area contributed by atoms with E-state index in [1.165, 1.54) is 0 Å². The van der Waals surface area contributed by atoms with E-state index in [4.69, 9.17) is 27.4 Å². The molecule has 1 aliphatic rings. The molecule has 1 amide bonds. The number of ether oxygens (including phenoxy) is 2. The summed E-state index contributed by atoms with van der Waals surface area (Å²) in [7, 11) is 3.25. The summed E-state index contributed by atoms with van der Waals surface area (Å²) in [5.41, 5.74) is 5.16. The molecule has 0 radical (unpaired) electrons. The third-order valence-electron chi connectivity index (χ3n) is 3.83. The maximum atomic E-state index is 12.8. The lowest BCUT2D eigenvalue weighted by Crippen LogP contribution is -2.57. The van der Waals surface area contributed by atoms with Crippen LogP contribution in [0.2, 0.25) is 0 Å². The second kappa shape index (κ2) is 7.17. The zero-order valence-corrected chi connectivity index (χ0v) is 12.8. The molecule has 0 aromatic rings. The number of carbonyl (C=O) groups excluding carboxylic acids is 1. The molecular formula is C13H24N2O3S. The molecule has 6 heteroatoms. The van der Waals surface area contributed by atoms with Crippen LogP contribution in [0.15, 0.2) is 0 Å². The smallest absolute Gasteiger partial charge is 0.236 e. The monoisotopic (exact) mass is 288 g/mol. The number of hydrogen-bond acceptors (Lipinski definition) is 4. The molecule has 0 aliphatic heterocycles. The van der Waals surface area contributed by atoms with E-state index in [9.17, 15) is 4.79 Å². The molecule has 0 spiro atoms. The van der Waals surface area contributed by atoms with Crippen LogP contribution in [0.3, 0.4) is 0 Å². The van der Waals surface area contributed by atoms with E-state index in [1.54, 1.807) is 19.1 Å². The largest absolute Gasteiger partial charge is 0.392 e. The van der Waals surface area contributed by atoms with Gasteiger partial charge in [0.05, 0.1) is 29.7 Å². The standard InChI is InChI=1S/C13H24N2O3S/c1-10(9-18-3)15(7-8-17-2)12(16)13(11(14)19)5-4-6-13/h10H,4-9H2,1-3H3,(H2,14,19). The van der Waals surface area contributed by atoms with Gasteiger partial charge in [0.15, 0.2) is 0 Å². The second-order valence-corrected chi connectivity index (χ2v) is 5.54. The van der Waals surface area contributed by atoms with Gasteiger partial charge < -0.3 is 20.1 Å². The molecule has 0 saturated heterocycles. The summed E-state index contributed by atoms with van der Waals surface area (Å²) in [6.07, 6.45) is 2.51. The quantitative estimate of drug-likeness (QED) is 0.674. The number of nitrogens with two attached hydrogens (primary N) is 1. The van der Waals surface area contributed by atoms with E-state index in [1.807, 2.05) is 6.92 Å². The van der Waals surface area contributed by atoms with Gasteiger partial charge >= 0.3 is 0 Å². The molecule has 110 valence electrons. The third kappa shape index (κ3) is 3.43. The van der Waals surface area contributed by atoms with Crippen LogP contribution in [-0.4, -0.2) is 55.8 Å². The molecule has 2 N–H and O–H groups in total. The van der Waals surface area contributed by atoms with Gasteiger partial charge in [-0.05, 0) is 19.8 Å². The Morgan fingerprint density at radius 3 is 2.42 bits per heavy atom. The average Bonchev–Trinajstić information content (AvgIpc) is 2.27. The molecule has 1 rings (SSSR count). The Morgan fingerprint density at radius 1 is 1.42 bits per heavy atom. The van der Waals surface area contributed by atoms with E-state index in [-0.39, 0.29) is 11.9 Å². The molecule has 5 nitrogen and oxygen atoms in total. The average molecular weight is 288 g/mol. The molecule has 0 heterocycles. The molecule has 0 aromatic carbocycles. The predicted molar refractivity (Wildman–Crippen MR) is 78.0 cm³/mol. The van der Waals surface area contributed by atoms with E-state index < -0.39 is 5.41 Å². The van der Waals surface area contributed by atoms with Gasteiger partial charge in [0.25, 0.3) is 0 Å². The van der Waals surface area contributed by atoms with E-state index >= 15 is 0 Å². The molecule has 1 fully saturated rings. The Labute approximate surface area is 120 Å². The first kappa shape index (κ1) is 16.3. The molecule has 0 aromatic heterocycles. The molecule has 1 atom stereocenters. The van der Waals surface area contributed by atoms with E-state index in [2.05, 4.69) is 0 Å². The summed E-state index contributed by atoms with van der Waals surface area (Å²) in [6, 6.07) is -0.0144. The van der Waals surface area contributed by atoms with Gasteiger partial charge in [0, 0.05) is 20.8 Å². The number of methoxy groups -OCH3 is 2. The number of carbonyl (C=O) groups is 1. The summed E-state index contributed by atoms with van der Waals surface area (Å²) in [5, 5.41) is 0. The molecule has 19 heavy (non-hydrogen) atoms. The van der Waals surface area contributed by atoms with Crippen molar-refractivity contribution in [3.8, 4) is 0 Å². The van der Waals surface area contributed by atoms with Crippen LogP contribution in [0, 0.1) is 5.41 Å². The topological polar surface area (TPSA) is 64.8 Å². The van der Waals surface area contributed by atoms with Gasteiger partial charge in [0.1, 0.15) is 0 Å². The van der Waals surface area contributed by atoms with Crippen molar-refractivity contribution in [3.63, 3.8) is 0 Å². The Balaban J connectivity index is 2.83. The fourth-order valence-corrected chi connectivity index (χ4v) is 2.71. The van der Waals surface area contributed by atoms with Gasteiger partial charge in [-0.1, -0.05) is 18.6 Å². The highest BCUT2D eigenvalue weighted by atomic mass is 32.1. The van der Waals surface area contributed by atoms with Crippen molar-refractivity contribution in [2.45, 2.75) is 32.2 Å². The van der Waals surface area contributed by atoms with E-state index in [0.717, 1.165) is 19.3 Å². The lowest BCUT2D eigenvalue weighted by molar-refractivity contribution is -0.146. The first-order valence-electron chi connectivity index (χ1n) is 6.58. The van der Waals surface area contributed by atoms with Gasteiger partial charge in [-0.3, -0.25) is 4.79 Å². The Morgan fingerprint density at radius 2 is 2.05 bits per heavy atom. The van der Waals surface area contributed by atoms with Gasteiger partial charge in [-0.25, -0.2) is 0 Å². The van der Waals surface area contributed by atoms with Crippen LogP contribution in [0.5, 0.6) is 0 Å². The Bertz CT molecular complexity index is 332. The highest BCUT2D eigenvalue weighted by Gasteiger charge is 2.49. The summed E-state index contributed by atoms with van der Waals surface area (Å²) < 4.78 is 10.2. The fourth-order valence-electron chi connectivity index (χ4n) is 2.41. The number of nitrogens with zero attached hydrogens (tertiary/aromatic N) is 1. The molecule has 1 saturated carbocycles. The number of amides is 1. The third-order valence-corrected chi connectivity index (χ3v) is 4.22. The molecule has 0 bridgehead atoms.